The predicted molar refractivity (Wildman–Crippen MR) is 64.9 cm³/mol. The van der Waals surface area contributed by atoms with Crippen molar-refractivity contribution in [3.8, 4) is 0 Å². The van der Waals surface area contributed by atoms with E-state index in [9.17, 15) is 0 Å². The summed E-state index contributed by atoms with van der Waals surface area (Å²) in [7, 11) is 0. The fraction of sp³-hybridized carbons (Fsp3) is 0.667. The van der Waals surface area contributed by atoms with E-state index in [4.69, 9.17) is 0 Å². The smallest absolute Gasteiger partial charge is 0.00931 e. The highest BCUT2D eigenvalue weighted by Gasteiger charge is 2.14. The Balaban J connectivity index is 2.43. The van der Waals surface area contributed by atoms with Gasteiger partial charge < -0.3 is 5.32 Å². The molecule has 1 aromatic heterocycles. The maximum Gasteiger partial charge on any atom is 0.00931 e. The van der Waals surface area contributed by atoms with Crippen molar-refractivity contribution in [3.63, 3.8) is 0 Å². The van der Waals surface area contributed by atoms with E-state index >= 15 is 0 Å². The minimum absolute atomic E-state index is 0.667. The lowest BCUT2D eigenvalue weighted by atomic mass is 9.93. The third-order valence-electron chi connectivity index (χ3n) is 2.73. The SMILES string of the molecule is CCNC(CC)C(C)Cc1ccsc1. The van der Waals surface area contributed by atoms with Crippen LogP contribution in [0.2, 0.25) is 0 Å². The standard InChI is InChI=1S/C12H21NS/c1-4-12(13-5-2)10(3)8-11-6-7-14-9-11/h6-7,9-10,12-13H,4-5,8H2,1-3H3. The van der Waals surface area contributed by atoms with Crippen molar-refractivity contribution in [1.82, 2.24) is 5.32 Å². The second kappa shape index (κ2) is 6.20. The Morgan fingerprint density at radius 3 is 2.71 bits per heavy atom. The summed E-state index contributed by atoms with van der Waals surface area (Å²) in [6.45, 7) is 7.86. The van der Waals surface area contributed by atoms with Crippen molar-refractivity contribution in [2.45, 2.75) is 39.7 Å². The second-order valence-electron chi connectivity index (χ2n) is 3.89. The average Bonchev–Trinajstić information content (AvgIpc) is 2.66. The Morgan fingerprint density at radius 2 is 2.21 bits per heavy atom. The molecule has 2 heteroatoms. The van der Waals surface area contributed by atoms with Gasteiger partial charge in [0.25, 0.3) is 0 Å². The number of nitrogens with one attached hydrogen (secondary N) is 1. The van der Waals surface area contributed by atoms with E-state index in [-0.39, 0.29) is 0 Å². The molecule has 0 bridgehead atoms. The molecule has 0 fully saturated rings. The molecule has 0 spiro atoms. The van der Waals surface area contributed by atoms with Crippen LogP contribution in [0.1, 0.15) is 32.8 Å². The molecule has 1 rings (SSSR count). The highest BCUT2D eigenvalue weighted by Crippen LogP contribution is 2.16. The van der Waals surface area contributed by atoms with Crippen LogP contribution in [0.5, 0.6) is 0 Å². The zero-order valence-corrected chi connectivity index (χ0v) is 10.2. The minimum Gasteiger partial charge on any atom is -0.314 e. The third kappa shape index (κ3) is 3.43. The minimum atomic E-state index is 0.667. The molecule has 1 aromatic rings. The van der Waals surface area contributed by atoms with Gasteiger partial charge in [-0.1, -0.05) is 20.8 Å². The highest BCUT2D eigenvalue weighted by atomic mass is 32.1. The van der Waals surface area contributed by atoms with Crippen molar-refractivity contribution in [3.05, 3.63) is 22.4 Å². The molecule has 0 radical (unpaired) electrons. The zero-order valence-electron chi connectivity index (χ0n) is 9.42. The van der Waals surface area contributed by atoms with Gasteiger partial charge in [0.2, 0.25) is 0 Å². The van der Waals surface area contributed by atoms with Crippen LogP contribution in [0, 0.1) is 5.92 Å². The van der Waals surface area contributed by atoms with Crippen LogP contribution in [0.15, 0.2) is 16.8 Å². The van der Waals surface area contributed by atoms with Crippen LogP contribution in [0.4, 0.5) is 0 Å². The molecule has 2 atom stereocenters. The molecule has 2 unspecified atom stereocenters. The van der Waals surface area contributed by atoms with E-state index in [0.29, 0.717) is 6.04 Å². The summed E-state index contributed by atoms with van der Waals surface area (Å²) in [5.41, 5.74) is 1.49. The molecule has 1 nitrogen and oxygen atoms in total. The molecule has 0 aliphatic carbocycles. The van der Waals surface area contributed by atoms with Crippen molar-refractivity contribution < 1.29 is 0 Å². The van der Waals surface area contributed by atoms with Gasteiger partial charge in [-0.05, 0) is 47.7 Å². The Hall–Kier alpha value is -0.340. The largest absolute Gasteiger partial charge is 0.314 e. The second-order valence-corrected chi connectivity index (χ2v) is 4.67. The van der Waals surface area contributed by atoms with Gasteiger partial charge in [-0.3, -0.25) is 0 Å². The van der Waals surface area contributed by atoms with E-state index in [1.54, 1.807) is 11.3 Å². The molecule has 0 aromatic carbocycles. The van der Waals surface area contributed by atoms with Crippen LogP contribution >= 0.6 is 11.3 Å². The van der Waals surface area contributed by atoms with E-state index < -0.39 is 0 Å². The quantitative estimate of drug-likeness (QED) is 0.761. The summed E-state index contributed by atoms with van der Waals surface area (Å²) in [5, 5.41) is 7.97. The van der Waals surface area contributed by atoms with Gasteiger partial charge in [0, 0.05) is 6.04 Å². The lowest BCUT2D eigenvalue weighted by Crippen LogP contribution is -2.35. The Morgan fingerprint density at radius 1 is 1.43 bits per heavy atom. The molecule has 80 valence electrons. The first-order chi connectivity index (χ1) is 6.77. The zero-order chi connectivity index (χ0) is 10.4. The van der Waals surface area contributed by atoms with Crippen molar-refractivity contribution in [2.75, 3.05) is 6.54 Å². The number of rotatable bonds is 6. The van der Waals surface area contributed by atoms with E-state index in [2.05, 4.69) is 42.9 Å². The average molecular weight is 211 g/mol. The summed E-state index contributed by atoms with van der Waals surface area (Å²) in [6, 6.07) is 2.90. The highest BCUT2D eigenvalue weighted by molar-refractivity contribution is 7.07. The lowest BCUT2D eigenvalue weighted by Gasteiger charge is -2.23. The number of hydrogen-bond donors (Lipinski definition) is 1. The number of hydrogen-bond acceptors (Lipinski definition) is 2. The van der Waals surface area contributed by atoms with Gasteiger partial charge in [0.05, 0.1) is 0 Å². The fourth-order valence-electron chi connectivity index (χ4n) is 1.93. The molecule has 0 saturated heterocycles. The first kappa shape index (κ1) is 11.7. The van der Waals surface area contributed by atoms with Crippen LogP contribution in [-0.2, 0) is 6.42 Å². The van der Waals surface area contributed by atoms with Crippen molar-refractivity contribution >= 4 is 11.3 Å². The van der Waals surface area contributed by atoms with E-state index in [1.165, 1.54) is 18.4 Å². The summed E-state index contributed by atoms with van der Waals surface area (Å²) >= 11 is 1.79. The van der Waals surface area contributed by atoms with Gasteiger partial charge in [0.15, 0.2) is 0 Å². The molecule has 0 aliphatic rings. The maximum atomic E-state index is 3.55. The Kier molecular flexibility index (Phi) is 5.20. The lowest BCUT2D eigenvalue weighted by molar-refractivity contribution is 0.371. The van der Waals surface area contributed by atoms with E-state index in [0.717, 1.165) is 12.5 Å². The van der Waals surface area contributed by atoms with Gasteiger partial charge in [0.1, 0.15) is 0 Å². The Bertz CT molecular complexity index is 230. The molecular weight excluding hydrogens is 190 g/mol. The van der Waals surface area contributed by atoms with Crippen LogP contribution < -0.4 is 5.32 Å². The molecule has 14 heavy (non-hydrogen) atoms. The third-order valence-corrected chi connectivity index (χ3v) is 3.46. The van der Waals surface area contributed by atoms with Gasteiger partial charge in [-0.2, -0.15) is 11.3 Å². The normalized spacial score (nSPS) is 15.4. The summed E-state index contributed by atoms with van der Waals surface area (Å²) in [4.78, 5) is 0. The maximum absolute atomic E-state index is 3.55. The monoisotopic (exact) mass is 211 g/mol. The molecular formula is C12H21NS. The summed E-state index contributed by atoms with van der Waals surface area (Å²) in [5.74, 6) is 0.731. The first-order valence-electron chi connectivity index (χ1n) is 5.52. The Labute approximate surface area is 91.5 Å². The van der Waals surface area contributed by atoms with Gasteiger partial charge in [-0.15, -0.1) is 0 Å². The topological polar surface area (TPSA) is 12.0 Å². The molecule has 1 N–H and O–H groups in total. The molecule has 0 saturated carbocycles. The van der Waals surface area contributed by atoms with E-state index in [1.807, 2.05) is 0 Å². The van der Waals surface area contributed by atoms with Crippen molar-refractivity contribution in [1.29, 1.82) is 0 Å². The predicted octanol–water partition coefficient (Wildman–Crippen LogP) is 3.31. The molecule has 0 aliphatic heterocycles. The van der Waals surface area contributed by atoms with Crippen LogP contribution in [-0.4, -0.2) is 12.6 Å². The first-order valence-corrected chi connectivity index (χ1v) is 6.46. The fourth-order valence-corrected chi connectivity index (χ4v) is 2.61. The van der Waals surface area contributed by atoms with Crippen LogP contribution in [0.25, 0.3) is 0 Å². The van der Waals surface area contributed by atoms with Crippen LogP contribution in [0.3, 0.4) is 0 Å². The summed E-state index contributed by atoms with van der Waals surface area (Å²) < 4.78 is 0. The van der Waals surface area contributed by atoms with Gasteiger partial charge >= 0.3 is 0 Å². The van der Waals surface area contributed by atoms with Gasteiger partial charge in [-0.25, -0.2) is 0 Å². The number of thiophene rings is 1. The molecule has 0 amide bonds. The van der Waals surface area contributed by atoms with Crippen molar-refractivity contribution in [2.24, 2.45) is 5.92 Å². The summed E-state index contributed by atoms with van der Waals surface area (Å²) in [6.07, 6.45) is 2.42. The molecule has 1 heterocycles.